The highest BCUT2D eigenvalue weighted by Gasteiger charge is 2.08. The van der Waals surface area contributed by atoms with E-state index in [0.717, 1.165) is 23.5 Å². The van der Waals surface area contributed by atoms with Crippen LogP contribution in [0.5, 0.6) is 11.5 Å². The molecular weight excluding hydrogens is 354 g/mol. The maximum Gasteiger partial charge on any atom is 0.230 e. The molecule has 7 nitrogen and oxygen atoms in total. The molecule has 1 amide bonds. The molecule has 1 heterocycles. The maximum absolute atomic E-state index is 11.9. The molecule has 0 spiro atoms. The second-order valence-corrected chi connectivity index (χ2v) is 6.46. The van der Waals surface area contributed by atoms with Crippen LogP contribution in [0.25, 0.3) is 0 Å². The van der Waals surface area contributed by atoms with Crippen molar-refractivity contribution < 1.29 is 18.8 Å². The summed E-state index contributed by atoms with van der Waals surface area (Å²) in [7, 11) is 0. The zero-order valence-electron chi connectivity index (χ0n) is 15.4. The number of carbonyl (C=O) groups excluding carboxylic acids is 1. The Bertz CT molecular complexity index is 705. The van der Waals surface area contributed by atoms with Crippen molar-refractivity contribution in [1.29, 1.82) is 0 Å². The molecule has 2 aromatic rings. The smallest absolute Gasteiger partial charge is 0.230 e. The number of nitrogens with one attached hydrogen (secondary N) is 1. The Labute approximate surface area is 157 Å². The number of nitrogens with zero attached hydrogens (tertiary/aromatic N) is 2. The topological polar surface area (TPSA) is 86.5 Å². The van der Waals surface area contributed by atoms with Gasteiger partial charge in [-0.05, 0) is 38.0 Å². The number of hydrogen-bond donors (Lipinski definition) is 1. The average Bonchev–Trinajstić information content (AvgIpc) is 3.03. The van der Waals surface area contributed by atoms with E-state index < -0.39 is 0 Å². The molecule has 142 valence electrons. The third-order valence-corrected chi connectivity index (χ3v) is 4.31. The van der Waals surface area contributed by atoms with Gasteiger partial charge in [0.15, 0.2) is 17.3 Å². The van der Waals surface area contributed by atoms with Crippen molar-refractivity contribution in [3.63, 3.8) is 0 Å². The molecular formula is C18H25N3O4S. The first-order chi connectivity index (χ1) is 12.6. The summed E-state index contributed by atoms with van der Waals surface area (Å²) in [6.07, 6.45) is 0.729. The predicted molar refractivity (Wildman–Crippen MR) is 101 cm³/mol. The van der Waals surface area contributed by atoms with Gasteiger partial charge in [-0.1, -0.05) is 11.2 Å². The predicted octanol–water partition coefficient (Wildman–Crippen LogP) is 2.77. The third-order valence-electron chi connectivity index (χ3n) is 3.38. The van der Waals surface area contributed by atoms with Crippen LogP contribution in [0.4, 0.5) is 0 Å². The largest absolute Gasteiger partial charge is 0.490 e. The number of benzene rings is 1. The van der Waals surface area contributed by atoms with Crippen LogP contribution in [0, 0.1) is 6.92 Å². The number of ether oxygens (including phenoxy) is 2. The van der Waals surface area contributed by atoms with Crippen LogP contribution in [0.15, 0.2) is 22.7 Å². The minimum Gasteiger partial charge on any atom is -0.490 e. The van der Waals surface area contributed by atoms with Crippen LogP contribution in [0.2, 0.25) is 0 Å². The Hall–Kier alpha value is -2.22. The van der Waals surface area contributed by atoms with E-state index in [1.165, 1.54) is 11.8 Å². The van der Waals surface area contributed by atoms with Crippen LogP contribution in [-0.2, 0) is 17.0 Å². The first-order valence-electron chi connectivity index (χ1n) is 8.64. The van der Waals surface area contributed by atoms with Crippen molar-refractivity contribution in [1.82, 2.24) is 15.5 Å². The van der Waals surface area contributed by atoms with E-state index >= 15 is 0 Å². The van der Waals surface area contributed by atoms with Gasteiger partial charge in [-0.3, -0.25) is 4.79 Å². The molecule has 0 saturated heterocycles. The van der Waals surface area contributed by atoms with E-state index in [9.17, 15) is 4.79 Å². The number of thioether (sulfide) groups is 1. The molecule has 0 atom stereocenters. The van der Waals surface area contributed by atoms with Gasteiger partial charge in [-0.15, -0.1) is 11.8 Å². The fraction of sp³-hybridized carbons (Fsp3) is 0.500. The summed E-state index contributed by atoms with van der Waals surface area (Å²) in [6, 6.07) is 5.87. The van der Waals surface area contributed by atoms with Crippen molar-refractivity contribution in [3.8, 4) is 11.5 Å². The summed E-state index contributed by atoms with van der Waals surface area (Å²) in [6.45, 7) is 7.37. The average molecular weight is 379 g/mol. The summed E-state index contributed by atoms with van der Waals surface area (Å²) in [4.78, 5) is 16.0. The highest BCUT2D eigenvalue weighted by atomic mass is 32.2. The molecule has 1 aromatic carbocycles. The Kier molecular flexibility index (Phi) is 8.27. The lowest BCUT2D eigenvalue weighted by Gasteiger charge is -2.12. The number of aryl methyl sites for hydroxylation is 1. The van der Waals surface area contributed by atoms with Crippen LogP contribution in [0.1, 0.15) is 31.1 Å². The third kappa shape index (κ3) is 6.59. The monoisotopic (exact) mass is 379 g/mol. The number of carbonyl (C=O) groups is 1. The van der Waals surface area contributed by atoms with Crippen LogP contribution >= 0.6 is 11.8 Å². The van der Waals surface area contributed by atoms with Crippen molar-refractivity contribution >= 4 is 17.7 Å². The molecule has 0 saturated carbocycles. The zero-order valence-corrected chi connectivity index (χ0v) is 16.2. The summed E-state index contributed by atoms with van der Waals surface area (Å²) in [5, 5.41) is 6.72. The van der Waals surface area contributed by atoms with Gasteiger partial charge in [-0.25, -0.2) is 0 Å². The van der Waals surface area contributed by atoms with Gasteiger partial charge in [0.25, 0.3) is 0 Å². The van der Waals surface area contributed by atoms with Crippen molar-refractivity contribution in [2.45, 2.75) is 32.9 Å². The number of hydrogen-bond acceptors (Lipinski definition) is 7. The molecule has 0 radical (unpaired) electrons. The first-order valence-corrected chi connectivity index (χ1v) is 9.80. The molecule has 0 aliphatic heterocycles. The summed E-state index contributed by atoms with van der Waals surface area (Å²) >= 11 is 1.46. The van der Waals surface area contributed by atoms with Gasteiger partial charge in [0.05, 0.1) is 24.7 Å². The van der Waals surface area contributed by atoms with E-state index in [1.807, 2.05) is 32.0 Å². The SMILES string of the molecule is CCOc1ccc(CCNC(=O)CSCc2noc(C)n2)cc1OCC. The first kappa shape index (κ1) is 20.1. The van der Waals surface area contributed by atoms with Gasteiger partial charge >= 0.3 is 0 Å². The lowest BCUT2D eigenvalue weighted by atomic mass is 10.1. The minimum absolute atomic E-state index is 0.00816. The second kappa shape index (κ2) is 10.7. The van der Waals surface area contributed by atoms with Crippen LogP contribution in [-0.4, -0.2) is 41.6 Å². The molecule has 0 unspecified atom stereocenters. The molecule has 8 heteroatoms. The van der Waals surface area contributed by atoms with E-state index in [0.29, 0.717) is 43.0 Å². The second-order valence-electron chi connectivity index (χ2n) is 5.47. The van der Waals surface area contributed by atoms with Crippen molar-refractivity contribution in [3.05, 3.63) is 35.5 Å². The molecule has 1 N–H and O–H groups in total. The minimum atomic E-state index is -0.00816. The lowest BCUT2D eigenvalue weighted by molar-refractivity contribution is -0.118. The summed E-state index contributed by atoms with van der Waals surface area (Å²) < 4.78 is 16.1. The molecule has 26 heavy (non-hydrogen) atoms. The van der Waals surface area contributed by atoms with Gasteiger partial charge in [-0.2, -0.15) is 4.98 Å². The van der Waals surface area contributed by atoms with Crippen molar-refractivity contribution in [2.24, 2.45) is 0 Å². The van der Waals surface area contributed by atoms with Gasteiger partial charge in [0.2, 0.25) is 11.8 Å². The summed E-state index contributed by atoms with van der Waals surface area (Å²) in [5.41, 5.74) is 1.09. The highest BCUT2D eigenvalue weighted by molar-refractivity contribution is 7.99. The Morgan fingerprint density at radius 3 is 2.69 bits per heavy atom. The molecule has 0 aliphatic rings. The fourth-order valence-corrected chi connectivity index (χ4v) is 2.97. The molecule has 1 aromatic heterocycles. The maximum atomic E-state index is 11.9. The number of aromatic nitrogens is 2. The van der Waals surface area contributed by atoms with E-state index in [4.69, 9.17) is 14.0 Å². The van der Waals surface area contributed by atoms with E-state index in [-0.39, 0.29) is 5.91 Å². The number of rotatable bonds is 11. The van der Waals surface area contributed by atoms with Gasteiger partial charge < -0.3 is 19.3 Å². The quantitative estimate of drug-likeness (QED) is 0.642. The van der Waals surface area contributed by atoms with Gasteiger partial charge in [0, 0.05) is 13.5 Å². The Morgan fingerprint density at radius 1 is 1.23 bits per heavy atom. The van der Waals surface area contributed by atoms with Gasteiger partial charge in [0.1, 0.15) is 0 Å². The Balaban J connectivity index is 1.72. The van der Waals surface area contributed by atoms with Crippen molar-refractivity contribution in [2.75, 3.05) is 25.5 Å². The Morgan fingerprint density at radius 2 is 2.00 bits per heavy atom. The molecule has 0 aliphatic carbocycles. The van der Waals surface area contributed by atoms with Crippen LogP contribution in [0.3, 0.4) is 0 Å². The normalized spacial score (nSPS) is 10.6. The van der Waals surface area contributed by atoms with E-state index in [2.05, 4.69) is 15.5 Å². The van der Waals surface area contributed by atoms with E-state index in [1.54, 1.807) is 6.92 Å². The zero-order chi connectivity index (χ0) is 18.8. The number of amides is 1. The standard InChI is InChI=1S/C18H25N3O4S/c1-4-23-15-7-6-14(10-16(15)24-5-2)8-9-19-18(22)12-26-11-17-20-13(3)25-21-17/h6-7,10H,4-5,8-9,11-12H2,1-3H3,(H,19,22). The molecule has 0 bridgehead atoms. The molecule has 0 fully saturated rings. The van der Waals surface area contributed by atoms with Crippen LogP contribution < -0.4 is 14.8 Å². The fourth-order valence-electron chi connectivity index (χ4n) is 2.28. The lowest BCUT2D eigenvalue weighted by Crippen LogP contribution is -2.27. The highest BCUT2D eigenvalue weighted by Crippen LogP contribution is 2.28. The molecule has 2 rings (SSSR count). The summed E-state index contributed by atoms with van der Waals surface area (Å²) in [5.74, 6) is 3.54.